The second-order valence-corrected chi connectivity index (χ2v) is 7.39. The van der Waals surface area contributed by atoms with Crippen LogP contribution in [-0.4, -0.2) is 60.6 Å². The number of alkyl halides is 1. The summed E-state index contributed by atoms with van der Waals surface area (Å²) in [5, 5.41) is 8.69. The lowest BCUT2D eigenvalue weighted by atomic mass is 10.1. The molecule has 1 amide bonds. The van der Waals surface area contributed by atoms with Crippen LogP contribution in [0.4, 0.5) is 4.39 Å². The highest BCUT2D eigenvalue weighted by atomic mass is 32.2. The van der Waals surface area contributed by atoms with Gasteiger partial charge in [0, 0.05) is 13.0 Å². The van der Waals surface area contributed by atoms with Crippen molar-refractivity contribution in [1.82, 2.24) is 4.90 Å². The number of aliphatic carboxylic acids is 1. The van der Waals surface area contributed by atoms with E-state index in [0.29, 0.717) is 0 Å². The molecule has 1 fully saturated rings. The van der Waals surface area contributed by atoms with Gasteiger partial charge in [-0.2, -0.15) is 0 Å². The van der Waals surface area contributed by atoms with Crippen molar-refractivity contribution < 1.29 is 27.5 Å². The van der Waals surface area contributed by atoms with E-state index in [1.54, 1.807) is 13.8 Å². The summed E-state index contributed by atoms with van der Waals surface area (Å²) < 4.78 is 37.0. The van der Waals surface area contributed by atoms with E-state index < -0.39 is 39.7 Å². The predicted octanol–water partition coefficient (Wildman–Crippen LogP) is 0.0824. The molecule has 1 aliphatic heterocycles. The smallest absolute Gasteiger partial charge is 0.343 e. The van der Waals surface area contributed by atoms with Gasteiger partial charge in [0.05, 0.1) is 12.3 Å². The van der Waals surface area contributed by atoms with Gasteiger partial charge in [-0.05, 0) is 5.92 Å². The average Bonchev–Trinajstić information content (AvgIpc) is 2.59. The Morgan fingerprint density at radius 1 is 1.42 bits per heavy atom. The Hall–Kier alpha value is -1.18. The maximum absolute atomic E-state index is 13.7. The monoisotopic (exact) mass is 295 g/mol. The van der Waals surface area contributed by atoms with E-state index in [4.69, 9.17) is 5.11 Å². The zero-order valence-electron chi connectivity index (χ0n) is 10.9. The van der Waals surface area contributed by atoms with Gasteiger partial charge in [0.1, 0.15) is 5.75 Å². The zero-order valence-corrected chi connectivity index (χ0v) is 11.7. The van der Waals surface area contributed by atoms with E-state index in [1.807, 2.05) is 0 Å². The summed E-state index contributed by atoms with van der Waals surface area (Å²) in [4.78, 5) is 23.4. The molecular weight excluding hydrogens is 277 g/mol. The summed E-state index contributed by atoms with van der Waals surface area (Å²) in [7, 11) is -3.54. The maximum atomic E-state index is 13.7. The fourth-order valence-electron chi connectivity index (χ4n) is 2.01. The summed E-state index contributed by atoms with van der Waals surface area (Å²) in [6.07, 6.45) is -0.307. The maximum Gasteiger partial charge on any atom is 0.343 e. The number of rotatable bonds is 5. The lowest BCUT2D eigenvalue weighted by Crippen LogP contribution is -2.41. The van der Waals surface area contributed by atoms with Crippen LogP contribution >= 0.6 is 0 Å². The van der Waals surface area contributed by atoms with Crippen LogP contribution < -0.4 is 0 Å². The van der Waals surface area contributed by atoms with Crippen molar-refractivity contribution in [2.24, 2.45) is 5.92 Å². The number of amides is 1. The number of sulfone groups is 1. The first-order valence-corrected chi connectivity index (χ1v) is 7.78. The molecule has 0 bridgehead atoms. The topological polar surface area (TPSA) is 91.8 Å². The molecule has 19 heavy (non-hydrogen) atoms. The second kappa shape index (κ2) is 5.44. The number of likely N-dealkylation sites (tertiary alicyclic amines) is 1. The molecule has 1 atom stereocenters. The van der Waals surface area contributed by atoms with Crippen molar-refractivity contribution in [2.75, 3.05) is 24.6 Å². The molecule has 110 valence electrons. The predicted molar refractivity (Wildman–Crippen MR) is 66.2 cm³/mol. The van der Waals surface area contributed by atoms with Crippen LogP contribution in [0, 0.1) is 5.92 Å². The lowest BCUT2D eigenvalue weighted by Gasteiger charge is -2.18. The number of hydrogen-bond acceptors (Lipinski definition) is 4. The third-order valence-corrected chi connectivity index (χ3v) is 4.75. The van der Waals surface area contributed by atoms with Crippen molar-refractivity contribution in [2.45, 2.75) is 25.9 Å². The van der Waals surface area contributed by atoms with Crippen molar-refractivity contribution in [3.63, 3.8) is 0 Å². The fraction of sp³-hybridized carbons (Fsp3) is 0.818. The molecule has 0 aromatic heterocycles. The molecule has 1 rings (SSSR count). The molecule has 0 radical (unpaired) electrons. The van der Waals surface area contributed by atoms with Crippen molar-refractivity contribution >= 4 is 21.7 Å². The van der Waals surface area contributed by atoms with Crippen LogP contribution in [0.15, 0.2) is 0 Å². The highest BCUT2D eigenvalue weighted by molar-refractivity contribution is 7.92. The molecule has 0 aromatic rings. The Balaban J connectivity index is 2.65. The zero-order chi connectivity index (χ0) is 14.8. The van der Waals surface area contributed by atoms with Gasteiger partial charge in [-0.25, -0.2) is 17.6 Å². The molecule has 1 unspecified atom stereocenters. The normalized spacial score (nSPS) is 23.9. The van der Waals surface area contributed by atoms with Crippen LogP contribution in [0.1, 0.15) is 20.3 Å². The lowest BCUT2D eigenvalue weighted by molar-refractivity contribution is -0.150. The van der Waals surface area contributed by atoms with Crippen LogP contribution in [0.25, 0.3) is 0 Å². The van der Waals surface area contributed by atoms with E-state index in [1.165, 1.54) is 0 Å². The number of nitrogens with zero attached hydrogens (tertiary/aromatic N) is 1. The average molecular weight is 295 g/mol. The molecule has 6 nitrogen and oxygen atoms in total. The van der Waals surface area contributed by atoms with Crippen molar-refractivity contribution in [3.8, 4) is 0 Å². The Kier molecular flexibility index (Phi) is 4.54. The minimum atomic E-state index is -3.54. The highest BCUT2D eigenvalue weighted by Gasteiger charge is 2.47. The summed E-state index contributed by atoms with van der Waals surface area (Å²) in [6.45, 7) is 2.78. The van der Waals surface area contributed by atoms with E-state index in [9.17, 15) is 22.4 Å². The van der Waals surface area contributed by atoms with E-state index in [-0.39, 0.29) is 24.6 Å². The Bertz CT molecular complexity index is 475. The number of carboxylic acid groups (broad SMARTS) is 1. The number of halogens is 1. The quantitative estimate of drug-likeness (QED) is 0.775. The summed E-state index contributed by atoms with van der Waals surface area (Å²) >= 11 is 0. The third kappa shape index (κ3) is 4.15. The molecular formula is C11H18FNO5S. The molecule has 1 saturated heterocycles. The molecule has 8 heteroatoms. The minimum Gasteiger partial charge on any atom is -0.479 e. The Morgan fingerprint density at radius 3 is 2.42 bits per heavy atom. The van der Waals surface area contributed by atoms with Crippen LogP contribution in [0.3, 0.4) is 0 Å². The second-order valence-electron chi connectivity index (χ2n) is 5.28. The van der Waals surface area contributed by atoms with Gasteiger partial charge < -0.3 is 10.0 Å². The van der Waals surface area contributed by atoms with Gasteiger partial charge in [0.25, 0.3) is 0 Å². The fourth-order valence-corrected chi connectivity index (χ4v) is 3.70. The van der Waals surface area contributed by atoms with Crippen LogP contribution in [0.5, 0.6) is 0 Å². The highest BCUT2D eigenvalue weighted by Crippen LogP contribution is 2.26. The van der Waals surface area contributed by atoms with E-state index >= 15 is 0 Å². The van der Waals surface area contributed by atoms with Gasteiger partial charge in [-0.1, -0.05) is 13.8 Å². The first kappa shape index (κ1) is 15.9. The SMILES string of the molecule is CC(C)CS(=O)(=O)CC(=O)N1CCC(F)(C(=O)O)C1. The Morgan fingerprint density at radius 2 is 2.00 bits per heavy atom. The molecule has 0 saturated carbocycles. The molecule has 0 spiro atoms. The summed E-state index contributed by atoms with van der Waals surface area (Å²) in [5.74, 6) is -3.27. The molecule has 1 N–H and O–H groups in total. The van der Waals surface area contributed by atoms with Crippen molar-refractivity contribution in [3.05, 3.63) is 0 Å². The van der Waals surface area contributed by atoms with Gasteiger partial charge in [-0.3, -0.25) is 4.79 Å². The van der Waals surface area contributed by atoms with E-state index in [2.05, 4.69) is 0 Å². The minimum absolute atomic E-state index is 0.0706. The van der Waals surface area contributed by atoms with Gasteiger partial charge in [0.2, 0.25) is 11.6 Å². The number of carboxylic acids is 1. The first-order chi connectivity index (χ1) is 8.56. The van der Waals surface area contributed by atoms with Crippen LogP contribution in [0.2, 0.25) is 0 Å². The molecule has 0 aromatic carbocycles. The van der Waals surface area contributed by atoms with Gasteiger partial charge in [0.15, 0.2) is 9.84 Å². The Labute approximate surface area is 111 Å². The third-order valence-electron chi connectivity index (χ3n) is 2.89. The molecule has 1 heterocycles. The number of carbonyl (C=O) groups is 2. The summed E-state index contributed by atoms with van der Waals surface area (Å²) in [6, 6.07) is 0. The summed E-state index contributed by atoms with van der Waals surface area (Å²) in [5.41, 5.74) is -2.46. The van der Waals surface area contributed by atoms with Crippen LogP contribution in [-0.2, 0) is 19.4 Å². The largest absolute Gasteiger partial charge is 0.479 e. The molecule has 1 aliphatic rings. The van der Waals surface area contributed by atoms with Crippen molar-refractivity contribution in [1.29, 1.82) is 0 Å². The van der Waals surface area contributed by atoms with Gasteiger partial charge in [-0.15, -0.1) is 0 Å². The van der Waals surface area contributed by atoms with Gasteiger partial charge >= 0.3 is 5.97 Å². The van der Waals surface area contributed by atoms with E-state index in [0.717, 1.165) is 4.90 Å². The number of carbonyl (C=O) groups excluding carboxylic acids is 1. The number of hydrogen-bond donors (Lipinski definition) is 1. The first-order valence-electron chi connectivity index (χ1n) is 5.96. The standard InChI is InChI=1S/C11H18FNO5S/c1-8(2)5-19(17,18)6-9(14)13-4-3-11(12,7-13)10(15)16/h8H,3-7H2,1-2H3,(H,15,16). The molecule has 0 aliphatic carbocycles.